The van der Waals surface area contributed by atoms with Crippen molar-refractivity contribution in [3.05, 3.63) is 89.0 Å². The molecule has 1 N–H and O–H groups in total. The van der Waals surface area contributed by atoms with Gasteiger partial charge >= 0.3 is 0 Å². The van der Waals surface area contributed by atoms with E-state index in [9.17, 15) is 9.59 Å². The van der Waals surface area contributed by atoms with E-state index in [1.54, 1.807) is 0 Å². The molecule has 0 radical (unpaired) electrons. The van der Waals surface area contributed by atoms with E-state index in [2.05, 4.69) is 17.4 Å². The summed E-state index contributed by atoms with van der Waals surface area (Å²) in [4.78, 5) is 26.4. The highest BCUT2D eigenvalue weighted by atomic mass is 16.5. The maximum absolute atomic E-state index is 12.5. The van der Waals surface area contributed by atoms with E-state index in [-0.39, 0.29) is 11.8 Å². The van der Waals surface area contributed by atoms with Gasteiger partial charge in [-0.25, -0.2) is 0 Å². The summed E-state index contributed by atoms with van der Waals surface area (Å²) < 4.78 is 5.99. The van der Waals surface area contributed by atoms with Crippen LogP contribution in [-0.2, 0) is 4.79 Å². The fourth-order valence-electron chi connectivity index (χ4n) is 4.32. The number of nitrogens with zero attached hydrogens (tertiary/aromatic N) is 1. The van der Waals surface area contributed by atoms with E-state index in [1.165, 1.54) is 11.1 Å². The zero-order chi connectivity index (χ0) is 28.1. The molecular weight excluding hydrogens is 472 g/mol. The fourth-order valence-corrected chi connectivity index (χ4v) is 4.32. The first-order chi connectivity index (χ1) is 18.4. The van der Waals surface area contributed by atoms with Crippen molar-refractivity contribution in [2.75, 3.05) is 18.4 Å². The minimum Gasteiger partial charge on any atom is -0.457 e. The molecule has 0 aliphatic carbocycles. The number of ether oxygens (including phenoxy) is 1. The van der Waals surface area contributed by atoms with Crippen LogP contribution in [0.5, 0.6) is 11.5 Å². The summed E-state index contributed by atoms with van der Waals surface area (Å²) in [7, 11) is 0. The van der Waals surface area contributed by atoms with Crippen LogP contribution in [0.15, 0.2) is 66.7 Å². The molecule has 1 fully saturated rings. The van der Waals surface area contributed by atoms with Gasteiger partial charge in [0, 0.05) is 30.8 Å². The summed E-state index contributed by atoms with van der Waals surface area (Å²) in [6, 6.07) is 21.3. The van der Waals surface area contributed by atoms with Gasteiger partial charge in [0.2, 0.25) is 5.91 Å². The molecule has 0 bridgehead atoms. The van der Waals surface area contributed by atoms with Gasteiger partial charge in [-0.2, -0.15) is 0 Å². The average molecular weight is 517 g/mol. The first-order valence-corrected chi connectivity index (χ1v) is 14.0. The van der Waals surface area contributed by atoms with E-state index < -0.39 is 0 Å². The zero-order valence-electron chi connectivity index (χ0n) is 24.1. The topological polar surface area (TPSA) is 58.6 Å². The Morgan fingerprint density at radius 1 is 0.816 bits per heavy atom. The molecule has 38 heavy (non-hydrogen) atoms. The molecule has 5 heteroatoms. The van der Waals surface area contributed by atoms with Gasteiger partial charge in [-0.3, -0.25) is 9.59 Å². The molecule has 1 heterocycles. The van der Waals surface area contributed by atoms with E-state index in [4.69, 9.17) is 4.74 Å². The Hall–Kier alpha value is -3.60. The molecule has 204 valence electrons. The van der Waals surface area contributed by atoms with E-state index in [1.807, 2.05) is 108 Å². The summed E-state index contributed by atoms with van der Waals surface area (Å²) >= 11 is 0. The largest absolute Gasteiger partial charge is 0.457 e. The first-order valence-electron chi connectivity index (χ1n) is 14.0. The second kappa shape index (κ2) is 15.6. The minimum atomic E-state index is -0.128. The van der Waals surface area contributed by atoms with Crippen molar-refractivity contribution in [1.82, 2.24) is 4.90 Å². The number of hydrogen-bond donors (Lipinski definition) is 1. The maximum Gasteiger partial charge on any atom is 0.255 e. The Labute approximate surface area is 229 Å². The molecule has 1 aliphatic rings. The monoisotopic (exact) mass is 516 g/mol. The van der Waals surface area contributed by atoms with Crippen LogP contribution in [0.2, 0.25) is 0 Å². The number of nitrogens with one attached hydrogen (secondary N) is 1. The number of carbonyl (C=O) groups excluding carboxylic acids is 2. The van der Waals surface area contributed by atoms with Gasteiger partial charge in [-0.1, -0.05) is 52.8 Å². The van der Waals surface area contributed by atoms with Gasteiger partial charge in [0.15, 0.2) is 0 Å². The minimum absolute atomic E-state index is 0.128. The highest BCUT2D eigenvalue weighted by molar-refractivity contribution is 6.04. The molecule has 1 aliphatic heterocycles. The quantitative estimate of drug-likeness (QED) is 0.357. The van der Waals surface area contributed by atoms with Crippen LogP contribution in [0.3, 0.4) is 0 Å². The van der Waals surface area contributed by atoms with Crippen molar-refractivity contribution < 1.29 is 14.3 Å². The standard InChI is InChI=1S/C29H32N2O3.2C2H6/c1-4-28(32)31-17-15-23(16-18-31)22-7-11-26(12-8-22)34-27-13-9-25(10-14-27)30-29(33)24-6-5-20(2)21(3)19-24;2*1-2/h5-14,19,23H,4,15-18H2,1-3H3,(H,30,33);2*1-2H3. The third kappa shape index (κ3) is 8.47. The third-order valence-electron chi connectivity index (χ3n) is 6.62. The molecule has 0 unspecified atom stereocenters. The normalized spacial score (nSPS) is 12.9. The lowest BCUT2D eigenvalue weighted by Gasteiger charge is -2.32. The van der Waals surface area contributed by atoms with Crippen LogP contribution in [0.1, 0.15) is 86.8 Å². The van der Waals surface area contributed by atoms with Gasteiger partial charge < -0.3 is 15.0 Å². The average Bonchev–Trinajstić information content (AvgIpc) is 2.97. The molecule has 0 aromatic heterocycles. The van der Waals surface area contributed by atoms with Crippen LogP contribution in [-0.4, -0.2) is 29.8 Å². The summed E-state index contributed by atoms with van der Waals surface area (Å²) in [5.74, 6) is 2.09. The number of anilines is 1. The van der Waals surface area contributed by atoms with Gasteiger partial charge in [-0.15, -0.1) is 0 Å². The predicted octanol–water partition coefficient (Wildman–Crippen LogP) is 8.52. The Morgan fingerprint density at radius 3 is 1.89 bits per heavy atom. The second-order valence-electron chi connectivity index (χ2n) is 8.96. The van der Waals surface area contributed by atoms with Gasteiger partial charge in [0.05, 0.1) is 0 Å². The SMILES string of the molecule is CC.CC.CCC(=O)N1CCC(c2ccc(Oc3ccc(NC(=O)c4ccc(C)c(C)c4)cc3)cc2)CC1. The molecular formula is C33H44N2O3. The van der Waals surface area contributed by atoms with Crippen LogP contribution in [0, 0.1) is 13.8 Å². The first kappa shape index (κ1) is 30.6. The number of likely N-dealkylation sites (tertiary alicyclic amines) is 1. The van der Waals surface area contributed by atoms with Crippen molar-refractivity contribution in [3.8, 4) is 11.5 Å². The van der Waals surface area contributed by atoms with Crippen molar-refractivity contribution in [2.24, 2.45) is 0 Å². The van der Waals surface area contributed by atoms with Crippen molar-refractivity contribution in [3.63, 3.8) is 0 Å². The van der Waals surface area contributed by atoms with E-state index in [0.29, 0.717) is 23.7 Å². The van der Waals surface area contributed by atoms with Gasteiger partial charge in [0.1, 0.15) is 11.5 Å². The molecule has 1 saturated heterocycles. The molecule has 0 atom stereocenters. The van der Waals surface area contributed by atoms with E-state index in [0.717, 1.165) is 42.9 Å². The van der Waals surface area contributed by atoms with Crippen LogP contribution < -0.4 is 10.1 Å². The van der Waals surface area contributed by atoms with Crippen molar-refractivity contribution in [2.45, 2.75) is 73.6 Å². The molecule has 2 amide bonds. The number of rotatable bonds is 6. The molecule has 4 rings (SSSR count). The Morgan fingerprint density at radius 2 is 1.37 bits per heavy atom. The van der Waals surface area contributed by atoms with Crippen LogP contribution >= 0.6 is 0 Å². The third-order valence-corrected chi connectivity index (χ3v) is 6.62. The van der Waals surface area contributed by atoms with Crippen molar-refractivity contribution >= 4 is 17.5 Å². The number of aryl methyl sites for hydroxylation is 2. The summed E-state index contributed by atoms with van der Waals surface area (Å²) in [5.41, 5.74) is 4.92. The maximum atomic E-state index is 12.5. The van der Waals surface area contributed by atoms with Crippen molar-refractivity contribution in [1.29, 1.82) is 0 Å². The zero-order valence-corrected chi connectivity index (χ0v) is 24.1. The molecule has 5 nitrogen and oxygen atoms in total. The van der Waals surface area contributed by atoms with Gasteiger partial charge in [0.25, 0.3) is 5.91 Å². The molecule has 0 spiro atoms. The lowest BCUT2D eigenvalue weighted by molar-refractivity contribution is -0.131. The van der Waals surface area contributed by atoms with Crippen LogP contribution in [0.25, 0.3) is 0 Å². The predicted molar refractivity (Wildman–Crippen MR) is 158 cm³/mol. The number of amides is 2. The number of carbonyl (C=O) groups is 2. The number of hydrogen-bond acceptors (Lipinski definition) is 3. The smallest absolute Gasteiger partial charge is 0.255 e. The summed E-state index contributed by atoms with van der Waals surface area (Å²) in [5, 5.41) is 2.93. The van der Waals surface area contributed by atoms with Gasteiger partial charge in [-0.05, 0) is 97.8 Å². The van der Waals surface area contributed by atoms with E-state index >= 15 is 0 Å². The molecule has 3 aromatic rings. The summed E-state index contributed by atoms with van der Waals surface area (Å²) in [6.45, 7) is 15.6. The Bertz CT molecular complexity index is 1150. The molecule has 3 aromatic carbocycles. The highest BCUT2D eigenvalue weighted by Gasteiger charge is 2.22. The number of piperidine rings is 1. The fraction of sp³-hybridized carbons (Fsp3) is 0.394. The lowest BCUT2D eigenvalue weighted by Crippen LogP contribution is -2.37. The second-order valence-corrected chi connectivity index (χ2v) is 8.96. The molecule has 0 saturated carbocycles. The Balaban J connectivity index is 0.00000121. The number of benzene rings is 3. The highest BCUT2D eigenvalue weighted by Crippen LogP contribution is 2.31. The summed E-state index contributed by atoms with van der Waals surface area (Å²) in [6.07, 6.45) is 2.58. The van der Waals surface area contributed by atoms with Crippen LogP contribution in [0.4, 0.5) is 5.69 Å². The Kier molecular flexibility index (Phi) is 12.6. The lowest BCUT2D eigenvalue weighted by atomic mass is 9.89.